The highest BCUT2D eigenvalue weighted by Gasteiger charge is 2.15. The van der Waals surface area contributed by atoms with Crippen molar-refractivity contribution >= 4 is 39.2 Å². The summed E-state index contributed by atoms with van der Waals surface area (Å²) in [6.45, 7) is 2.02. The number of fused-ring (bicyclic) bond motifs is 2. The van der Waals surface area contributed by atoms with Gasteiger partial charge in [0.05, 0.1) is 11.8 Å². The van der Waals surface area contributed by atoms with Crippen molar-refractivity contribution in [2.24, 2.45) is 7.05 Å². The SMILES string of the molecule is Cc1cc(NC(=O)Cc2cccc3cnccc23)ccc1-c1cn(C)c2ncnc(N)c12. The van der Waals surface area contributed by atoms with E-state index in [0.717, 1.165) is 49.7 Å². The van der Waals surface area contributed by atoms with E-state index < -0.39 is 0 Å². The molecule has 5 rings (SSSR count). The van der Waals surface area contributed by atoms with Crippen LogP contribution in [0.1, 0.15) is 11.1 Å². The van der Waals surface area contributed by atoms with Gasteiger partial charge in [-0.05, 0) is 47.2 Å². The minimum atomic E-state index is -0.0655. The normalized spacial score (nSPS) is 11.2. The van der Waals surface area contributed by atoms with E-state index in [4.69, 9.17) is 5.73 Å². The van der Waals surface area contributed by atoms with Crippen molar-refractivity contribution in [2.45, 2.75) is 13.3 Å². The average Bonchev–Trinajstić information content (AvgIpc) is 3.12. The number of amides is 1. The molecular weight excluding hydrogens is 400 g/mol. The van der Waals surface area contributed by atoms with Crippen LogP contribution >= 0.6 is 0 Å². The predicted molar refractivity (Wildman–Crippen MR) is 127 cm³/mol. The van der Waals surface area contributed by atoms with Gasteiger partial charge in [-0.1, -0.05) is 24.3 Å². The maximum Gasteiger partial charge on any atom is 0.228 e. The minimum Gasteiger partial charge on any atom is -0.383 e. The molecule has 5 aromatic rings. The van der Waals surface area contributed by atoms with Crippen LogP contribution in [-0.2, 0) is 18.3 Å². The third-order valence-corrected chi connectivity index (χ3v) is 5.71. The second-order valence-electron chi connectivity index (χ2n) is 7.88. The number of nitrogen functional groups attached to an aromatic ring is 1. The number of nitrogens with one attached hydrogen (secondary N) is 1. The van der Waals surface area contributed by atoms with Gasteiger partial charge in [0.25, 0.3) is 0 Å². The van der Waals surface area contributed by atoms with Crippen molar-refractivity contribution in [3.05, 3.63) is 78.5 Å². The maximum absolute atomic E-state index is 12.8. The summed E-state index contributed by atoms with van der Waals surface area (Å²) in [4.78, 5) is 25.4. The second kappa shape index (κ2) is 7.77. The van der Waals surface area contributed by atoms with E-state index in [2.05, 4.69) is 20.3 Å². The molecule has 158 valence electrons. The molecule has 3 N–H and O–H groups in total. The van der Waals surface area contributed by atoms with E-state index in [1.165, 1.54) is 6.33 Å². The number of pyridine rings is 1. The molecule has 0 aliphatic rings. The molecule has 1 amide bonds. The number of nitrogens with zero attached hydrogens (tertiary/aromatic N) is 4. The van der Waals surface area contributed by atoms with Crippen LogP contribution in [0.3, 0.4) is 0 Å². The van der Waals surface area contributed by atoms with Gasteiger partial charge in [0.1, 0.15) is 17.8 Å². The first kappa shape index (κ1) is 19.7. The number of aromatic nitrogens is 4. The molecule has 0 unspecified atom stereocenters. The molecule has 0 radical (unpaired) electrons. The Kier molecular flexibility index (Phi) is 4.78. The molecule has 3 aromatic heterocycles. The van der Waals surface area contributed by atoms with Crippen LogP contribution in [0, 0.1) is 6.92 Å². The van der Waals surface area contributed by atoms with Crippen molar-refractivity contribution in [1.82, 2.24) is 19.5 Å². The Morgan fingerprint density at radius 3 is 2.84 bits per heavy atom. The summed E-state index contributed by atoms with van der Waals surface area (Å²) >= 11 is 0. The Labute approximate surface area is 184 Å². The highest BCUT2D eigenvalue weighted by atomic mass is 16.1. The molecule has 0 atom stereocenters. The molecule has 0 aliphatic heterocycles. The quantitative estimate of drug-likeness (QED) is 0.451. The number of carbonyl (C=O) groups is 1. The van der Waals surface area contributed by atoms with Gasteiger partial charge in [0, 0.05) is 42.3 Å². The molecule has 2 aromatic carbocycles. The highest BCUT2D eigenvalue weighted by molar-refractivity contribution is 6.02. The number of hydrogen-bond donors (Lipinski definition) is 2. The molecule has 3 heterocycles. The van der Waals surface area contributed by atoms with Crippen LogP contribution in [0.5, 0.6) is 0 Å². The Morgan fingerprint density at radius 1 is 1.12 bits per heavy atom. The summed E-state index contributed by atoms with van der Waals surface area (Å²) in [5.41, 5.74) is 11.7. The fraction of sp³-hybridized carbons (Fsp3) is 0.120. The standard InChI is InChI=1S/C25H22N6O/c1-15-10-18(30-22(32)11-16-4-3-5-17-12-27-9-8-20(16)17)6-7-19(15)21-13-31(2)25-23(21)24(26)28-14-29-25/h3-10,12-14H,11H2,1-2H3,(H,30,32)(H2,26,28,29). The Morgan fingerprint density at radius 2 is 2.00 bits per heavy atom. The number of rotatable bonds is 4. The molecule has 0 aliphatic carbocycles. The van der Waals surface area contributed by atoms with Gasteiger partial charge in [-0.3, -0.25) is 9.78 Å². The van der Waals surface area contributed by atoms with Gasteiger partial charge in [-0.25, -0.2) is 9.97 Å². The number of hydrogen-bond acceptors (Lipinski definition) is 5. The largest absolute Gasteiger partial charge is 0.383 e. The first-order valence-corrected chi connectivity index (χ1v) is 10.3. The zero-order chi connectivity index (χ0) is 22.2. The lowest BCUT2D eigenvalue weighted by Gasteiger charge is -2.11. The van der Waals surface area contributed by atoms with Gasteiger partial charge in [-0.15, -0.1) is 0 Å². The van der Waals surface area contributed by atoms with Crippen LogP contribution < -0.4 is 11.1 Å². The Bertz CT molecular complexity index is 1480. The summed E-state index contributed by atoms with van der Waals surface area (Å²) in [6, 6.07) is 13.7. The molecule has 0 saturated carbocycles. The number of nitrogens with two attached hydrogens (primary N) is 1. The van der Waals surface area contributed by atoms with E-state index in [1.807, 2.05) is 73.4 Å². The molecule has 32 heavy (non-hydrogen) atoms. The maximum atomic E-state index is 12.8. The fourth-order valence-electron chi connectivity index (χ4n) is 4.20. The van der Waals surface area contributed by atoms with E-state index in [9.17, 15) is 4.79 Å². The highest BCUT2D eigenvalue weighted by Crippen LogP contribution is 2.34. The smallest absolute Gasteiger partial charge is 0.228 e. The van der Waals surface area contributed by atoms with Crippen molar-refractivity contribution in [3.63, 3.8) is 0 Å². The third kappa shape index (κ3) is 3.43. The molecule has 7 nitrogen and oxygen atoms in total. The lowest BCUT2D eigenvalue weighted by molar-refractivity contribution is -0.115. The predicted octanol–water partition coefficient (Wildman–Crippen LogP) is 4.26. The van der Waals surface area contributed by atoms with Gasteiger partial charge in [-0.2, -0.15) is 0 Å². The number of carbonyl (C=O) groups excluding carboxylic acids is 1. The zero-order valence-corrected chi connectivity index (χ0v) is 17.8. The van der Waals surface area contributed by atoms with E-state index in [1.54, 1.807) is 6.20 Å². The molecule has 0 fully saturated rings. The molecule has 0 saturated heterocycles. The summed E-state index contributed by atoms with van der Waals surface area (Å²) in [5, 5.41) is 5.92. The topological polar surface area (TPSA) is 98.7 Å². The number of aryl methyl sites for hydroxylation is 2. The van der Waals surface area contributed by atoms with Gasteiger partial charge < -0.3 is 15.6 Å². The Balaban J connectivity index is 1.41. The van der Waals surface area contributed by atoms with Crippen LogP contribution in [0.25, 0.3) is 32.9 Å². The van der Waals surface area contributed by atoms with E-state index >= 15 is 0 Å². The summed E-state index contributed by atoms with van der Waals surface area (Å²) in [5.74, 6) is 0.386. The molecule has 0 bridgehead atoms. The lowest BCUT2D eigenvalue weighted by atomic mass is 10.00. The third-order valence-electron chi connectivity index (χ3n) is 5.71. The minimum absolute atomic E-state index is 0.0655. The van der Waals surface area contributed by atoms with Crippen LogP contribution in [0.4, 0.5) is 11.5 Å². The lowest BCUT2D eigenvalue weighted by Crippen LogP contribution is -2.14. The van der Waals surface area contributed by atoms with Gasteiger partial charge in [0.2, 0.25) is 5.91 Å². The summed E-state index contributed by atoms with van der Waals surface area (Å²) in [7, 11) is 1.94. The van der Waals surface area contributed by atoms with Crippen molar-refractivity contribution in [1.29, 1.82) is 0 Å². The average molecular weight is 422 g/mol. The molecule has 7 heteroatoms. The van der Waals surface area contributed by atoms with Crippen LogP contribution in [0.2, 0.25) is 0 Å². The van der Waals surface area contributed by atoms with E-state index in [-0.39, 0.29) is 5.91 Å². The van der Waals surface area contributed by atoms with Gasteiger partial charge >= 0.3 is 0 Å². The monoisotopic (exact) mass is 422 g/mol. The van der Waals surface area contributed by atoms with Crippen molar-refractivity contribution in [3.8, 4) is 11.1 Å². The second-order valence-corrected chi connectivity index (χ2v) is 7.88. The summed E-state index contributed by atoms with van der Waals surface area (Å²) in [6.07, 6.45) is 7.32. The van der Waals surface area contributed by atoms with Gasteiger partial charge in [0.15, 0.2) is 0 Å². The Hall–Kier alpha value is -4.26. The molecular formula is C25H22N6O. The first-order valence-electron chi connectivity index (χ1n) is 10.3. The fourth-order valence-corrected chi connectivity index (χ4v) is 4.20. The van der Waals surface area contributed by atoms with Crippen molar-refractivity contribution < 1.29 is 4.79 Å². The van der Waals surface area contributed by atoms with Crippen LogP contribution in [-0.4, -0.2) is 25.4 Å². The number of benzene rings is 2. The number of anilines is 2. The summed E-state index contributed by atoms with van der Waals surface area (Å²) < 4.78 is 1.94. The van der Waals surface area contributed by atoms with E-state index in [0.29, 0.717) is 12.2 Å². The van der Waals surface area contributed by atoms with Crippen LogP contribution in [0.15, 0.2) is 67.4 Å². The zero-order valence-electron chi connectivity index (χ0n) is 17.8. The molecule has 0 spiro atoms. The first-order chi connectivity index (χ1) is 15.5. The van der Waals surface area contributed by atoms with Crippen molar-refractivity contribution in [2.75, 3.05) is 11.1 Å².